The number of halogens is 1. The van der Waals surface area contributed by atoms with Crippen molar-refractivity contribution in [2.45, 2.75) is 39.3 Å². The summed E-state index contributed by atoms with van der Waals surface area (Å²) < 4.78 is 15.8. The fourth-order valence-electron chi connectivity index (χ4n) is 2.22. The van der Waals surface area contributed by atoms with E-state index in [2.05, 4.69) is 22.4 Å². The van der Waals surface area contributed by atoms with Gasteiger partial charge < -0.3 is 0 Å². The lowest BCUT2D eigenvalue weighted by molar-refractivity contribution is 0.478. The predicted molar refractivity (Wildman–Crippen MR) is 75.2 cm³/mol. The molecule has 0 fully saturated rings. The molecule has 0 saturated heterocycles. The molecule has 1 atom stereocenters. The Morgan fingerprint density at radius 2 is 2.25 bits per heavy atom. The van der Waals surface area contributed by atoms with Crippen LogP contribution in [0, 0.1) is 12.7 Å². The van der Waals surface area contributed by atoms with E-state index in [0.29, 0.717) is 12.0 Å². The summed E-state index contributed by atoms with van der Waals surface area (Å²) in [5, 5.41) is 4.17. The second kappa shape index (κ2) is 6.58. The van der Waals surface area contributed by atoms with Gasteiger partial charge in [-0.1, -0.05) is 24.6 Å². The summed E-state index contributed by atoms with van der Waals surface area (Å²) in [5.74, 6) is 6.13. The smallest absolute Gasteiger partial charge is 0.138 e. The fourth-order valence-corrected chi connectivity index (χ4v) is 2.22. The van der Waals surface area contributed by atoms with E-state index in [-0.39, 0.29) is 11.9 Å². The fraction of sp³-hybridized carbons (Fsp3) is 0.429. The van der Waals surface area contributed by atoms with Gasteiger partial charge in [0.15, 0.2) is 0 Å². The predicted octanol–water partition coefficient (Wildman–Crippen LogP) is 1.88. The third-order valence-corrected chi connectivity index (χ3v) is 3.25. The second-order valence-corrected chi connectivity index (χ2v) is 4.85. The van der Waals surface area contributed by atoms with E-state index in [1.807, 2.05) is 11.6 Å². The van der Waals surface area contributed by atoms with Gasteiger partial charge in [0, 0.05) is 18.5 Å². The number of hydrogen-bond acceptors (Lipinski definition) is 4. The molecule has 0 aliphatic carbocycles. The molecule has 1 aromatic carbocycles. The summed E-state index contributed by atoms with van der Waals surface area (Å²) in [6, 6.07) is 4.69. The number of hydrazine groups is 1. The molecule has 1 aromatic heterocycles. The monoisotopic (exact) mass is 277 g/mol. The molecule has 0 amide bonds. The average molecular weight is 277 g/mol. The highest BCUT2D eigenvalue weighted by Crippen LogP contribution is 2.21. The molecule has 2 rings (SSSR count). The van der Waals surface area contributed by atoms with Crippen molar-refractivity contribution in [2.75, 3.05) is 0 Å². The molecule has 3 N–H and O–H groups in total. The zero-order valence-electron chi connectivity index (χ0n) is 11.8. The molecule has 0 bridgehead atoms. The number of nitrogens with zero attached hydrogens (tertiary/aromatic N) is 3. The van der Waals surface area contributed by atoms with Crippen molar-refractivity contribution >= 4 is 0 Å². The van der Waals surface area contributed by atoms with Gasteiger partial charge in [0.25, 0.3) is 0 Å². The molecule has 0 spiro atoms. The Labute approximate surface area is 118 Å². The average Bonchev–Trinajstić information content (AvgIpc) is 2.87. The topological polar surface area (TPSA) is 68.8 Å². The summed E-state index contributed by atoms with van der Waals surface area (Å²) >= 11 is 0. The van der Waals surface area contributed by atoms with Crippen molar-refractivity contribution in [3.8, 4) is 0 Å². The summed E-state index contributed by atoms with van der Waals surface area (Å²) in [4.78, 5) is 4.23. The Balaban J connectivity index is 2.24. The van der Waals surface area contributed by atoms with Crippen LogP contribution >= 0.6 is 0 Å². The molecule has 1 unspecified atom stereocenters. The Hall–Kier alpha value is -1.79. The quantitative estimate of drug-likeness (QED) is 0.625. The van der Waals surface area contributed by atoms with Crippen molar-refractivity contribution in [1.29, 1.82) is 0 Å². The van der Waals surface area contributed by atoms with Gasteiger partial charge in [-0.05, 0) is 19.4 Å². The number of aromatic nitrogens is 3. The van der Waals surface area contributed by atoms with E-state index in [4.69, 9.17) is 5.84 Å². The Bertz CT molecular complexity index is 566. The molecule has 0 aliphatic rings. The van der Waals surface area contributed by atoms with Crippen LogP contribution < -0.4 is 11.3 Å². The minimum Gasteiger partial charge on any atom is -0.271 e. The van der Waals surface area contributed by atoms with E-state index >= 15 is 0 Å². The van der Waals surface area contributed by atoms with E-state index in [9.17, 15) is 4.39 Å². The highest BCUT2D eigenvalue weighted by molar-refractivity contribution is 5.27. The second-order valence-electron chi connectivity index (χ2n) is 4.85. The van der Waals surface area contributed by atoms with Crippen LogP contribution in [0.15, 0.2) is 24.5 Å². The molecule has 20 heavy (non-hydrogen) atoms. The first-order valence-electron chi connectivity index (χ1n) is 6.74. The van der Waals surface area contributed by atoms with Crippen molar-refractivity contribution in [3.05, 3.63) is 47.3 Å². The minimum absolute atomic E-state index is 0.264. The molecule has 2 aromatic rings. The van der Waals surface area contributed by atoms with Gasteiger partial charge in [-0.25, -0.2) is 9.37 Å². The van der Waals surface area contributed by atoms with Gasteiger partial charge in [-0.15, -0.1) is 0 Å². The maximum Gasteiger partial charge on any atom is 0.138 e. The number of benzene rings is 1. The van der Waals surface area contributed by atoms with Gasteiger partial charge >= 0.3 is 0 Å². The van der Waals surface area contributed by atoms with Crippen LogP contribution in [0.4, 0.5) is 4.39 Å². The number of aryl methyl sites for hydroxylation is 2. The molecular formula is C14H20FN5. The summed E-state index contributed by atoms with van der Waals surface area (Å²) in [6.07, 6.45) is 2.98. The molecule has 0 saturated carbocycles. The highest BCUT2D eigenvalue weighted by Gasteiger charge is 2.18. The molecule has 0 aliphatic heterocycles. The van der Waals surface area contributed by atoms with Gasteiger partial charge in [0.05, 0.1) is 6.04 Å². The number of rotatable bonds is 6. The largest absolute Gasteiger partial charge is 0.271 e. The Morgan fingerprint density at radius 3 is 2.95 bits per heavy atom. The minimum atomic E-state index is -0.324. The maximum atomic E-state index is 13.9. The zero-order valence-corrected chi connectivity index (χ0v) is 11.8. The first-order chi connectivity index (χ1) is 9.65. The Kier molecular flexibility index (Phi) is 4.81. The van der Waals surface area contributed by atoms with Gasteiger partial charge in [-0.3, -0.25) is 16.0 Å². The van der Waals surface area contributed by atoms with Crippen molar-refractivity contribution in [1.82, 2.24) is 20.2 Å². The van der Waals surface area contributed by atoms with Crippen molar-refractivity contribution in [3.63, 3.8) is 0 Å². The lowest BCUT2D eigenvalue weighted by atomic mass is 10.0. The standard InChI is InChI=1S/C14H20FN5/c1-3-6-20-14(17-9-18-20)8-13(19-16)11-7-10(2)4-5-12(11)15/h4-5,7,9,13,19H,3,6,8,16H2,1-2H3. The van der Waals surface area contributed by atoms with Crippen LogP contribution in [0.2, 0.25) is 0 Å². The summed E-state index contributed by atoms with van der Waals surface area (Å²) in [7, 11) is 0. The lowest BCUT2D eigenvalue weighted by Crippen LogP contribution is -2.31. The zero-order chi connectivity index (χ0) is 14.5. The van der Waals surface area contributed by atoms with Crippen LogP contribution in [-0.4, -0.2) is 14.8 Å². The number of nitrogens with two attached hydrogens (primary N) is 1. The third kappa shape index (κ3) is 3.20. The molecule has 5 nitrogen and oxygen atoms in total. The maximum absolute atomic E-state index is 13.9. The van der Waals surface area contributed by atoms with Gasteiger partial charge in [0.1, 0.15) is 18.0 Å². The molecule has 108 valence electrons. The van der Waals surface area contributed by atoms with Crippen LogP contribution in [-0.2, 0) is 13.0 Å². The molecular weight excluding hydrogens is 257 g/mol. The summed E-state index contributed by atoms with van der Waals surface area (Å²) in [5.41, 5.74) is 4.22. The Morgan fingerprint density at radius 1 is 1.45 bits per heavy atom. The van der Waals surface area contributed by atoms with E-state index < -0.39 is 0 Å². The number of hydrogen-bond donors (Lipinski definition) is 2. The van der Waals surface area contributed by atoms with E-state index in [1.165, 1.54) is 12.4 Å². The lowest BCUT2D eigenvalue weighted by Gasteiger charge is -2.17. The first-order valence-corrected chi connectivity index (χ1v) is 6.74. The summed E-state index contributed by atoms with van der Waals surface area (Å²) in [6.45, 7) is 4.80. The van der Waals surface area contributed by atoms with E-state index in [0.717, 1.165) is 24.4 Å². The van der Waals surface area contributed by atoms with Crippen molar-refractivity contribution in [2.24, 2.45) is 5.84 Å². The number of nitrogens with one attached hydrogen (secondary N) is 1. The molecule has 6 heteroatoms. The van der Waals surface area contributed by atoms with Crippen LogP contribution in [0.1, 0.15) is 36.3 Å². The van der Waals surface area contributed by atoms with Crippen LogP contribution in [0.3, 0.4) is 0 Å². The normalized spacial score (nSPS) is 12.6. The molecule has 1 heterocycles. The van der Waals surface area contributed by atoms with Crippen LogP contribution in [0.5, 0.6) is 0 Å². The van der Waals surface area contributed by atoms with Crippen molar-refractivity contribution < 1.29 is 4.39 Å². The van der Waals surface area contributed by atoms with E-state index in [1.54, 1.807) is 12.1 Å². The van der Waals surface area contributed by atoms with Gasteiger partial charge in [0.2, 0.25) is 0 Å². The molecule has 0 radical (unpaired) electrons. The first kappa shape index (κ1) is 14.6. The van der Waals surface area contributed by atoms with Gasteiger partial charge in [-0.2, -0.15) is 5.10 Å². The highest BCUT2D eigenvalue weighted by atomic mass is 19.1. The SMILES string of the molecule is CCCn1ncnc1CC(NN)c1cc(C)ccc1F. The van der Waals surface area contributed by atoms with Crippen LogP contribution in [0.25, 0.3) is 0 Å². The third-order valence-electron chi connectivity index (χ3n) is 3.25.